The summed E-state index contributed by atoms with van der Waals surface area (Å²) in [5, 5.41) is 0.984. The summed E-state index contributed by atoms with van der Waals surface area (Å²) in [6.45, 7) is 4.52. The molecular weight excluding hydrogens is 222 g/mol. The maximum absolute atomic E-state index is 11.7. The van der Waals surface area contributed by atoms with Gasteiger partial charge in [-0.3, -0.25) is 4.79 Å². The van der Waals surface area contributed by atoms with Crippen molar-refractivity contribution < 1.29 is 4.79 Å². The van der Waals surface area contributed by atoms with E-state index < -0.39 is 0 Å². The Morgan fingerprint density at radius 3 is 2.88 bits per heavy atom. The van der Waals surface area contributed by atoms with Gasteiger partial charge in [0.25, 0.3) is 0 Å². The Morgan fingerprint density at radius 2 is 2.38 bits per heavy atom. The van der Waals surface area contributed by atoms with Crippen LogP contribution in [0, 0.1) is 0 Å². The van der Waals surface area contributed by atoms with Gasteiger partial charge in [0.15, 0.2) is 0 Å². The van der Waals surface area contributed by atoms with Crippen molar-refractivity contribution >= 4 is 17.2 Å². The van der Waals surface area contributed by atoms with Crippen LogP contribution in [-0.4, -0.2) is 28.9 Å². The number of carbonyl (C=O) groups is 1. The molecular formula is C11H19N3OS. The molecule has 0 aliphatic rings. The van der Waals surface area contributed by atoms with E-state index in [1.54, 1.807) is 23.3 Å². The van der Waals surface area contributed by atoms with Crippen LogP contribution in [0.4, 0.5) is 0 Å². The first kappa shape index (κ1) is 13.1. The van der Waals surface area contributed by atoms with Gasteiger partial charge in [-0.15, -0.1) is 11.3 Å². The van der Waals surface area contributed by atoms with Crippen molar-refractivity contribution in [1.82, 2.24) is 9.88 Å². The number of nitrogens with zero attached hydrogens (tertiary/aromatic N) is 2. The quantitative estimate of drug-likeness (QED) is 0.847. The van der Waals surface area contributed by atoms with Crippen molar-refractivity contribution in [2.24, 2.45) is 5.73 Å². The highest BCUT2D eigenvalue weighted by Gasteiger charge is 2.12. The first-order valence-electron chi connectivity index (χ1n) is 5.46. The van der Waals surface area contributed by atoms with Crippen LogP contribution in [0.15, 0.2) is 6.20 Å². The molecule has 0 bridgehead atoms. The zero-order valence-corrected chi connectivity index (χ0v) is 10.9. The molecule has 0 aromatic carbocycles. The fourth-order valence-corrected chi connectivity index (χ4v) is 2.22. The van der Waals surface area contributed by atoms with Gasteiger partial charge in [0.1, 0.15) is 5.01 Å². The summed E-state index contributed by atoms with van der Waals surface area (Å²) in [6, 6.07) is -0.0857. The second-order valence-corrected chi connectivity index (χ2v) is 5.20. The Balaban J connectivity index is 2.50. The van der Waals surface area contributed by atoms with Gasteiger partial charge < -0.3 is 10.6 Å². The van der Waals surface area contributed by atoms with Gasteiger partial charge >= 0.3 is 0 Å². The normalized spacial score (nSPS) is 12.5. The fraction of sp³-hybridized carbons (Fsp3) is 0.636. The molecule has 90 valence electrons. The minimum Gasteiger partial charge on any atom is -0.339 e. The Hall–Kier alpha value is -0.940. The Labute approximate surface area is 100 Å². The Morgan fingerprint density at radius 1 is 1.69 bits per heavy atom. The number of carbonyl (C=O) groups excluding carboxylic acids is 1. The van der Waals surface area contributed by atoms with Crippen LogP contribution < -0.4 is 5.73 Å². The van der Waals surface area contributed by atoms with E-state index in [-0.39, 0.29) is 11.9 Å². The van der Waals surface area contributed by atoms with Crippen LogP contribution in [0.5, 0.6) is 0 Å². The van der Waals surface area contributed by atoms with Gasteiger partial charge in [-0.2, -0.15) is 0 Å². The summed E-state index contributed by atoms with van der Waals surface area (Å²) in [6.07, 6.45) is 3.27. The maximum Gasteiger partial charge on any atom is 0.224 e. The highest BCUT2D eigenvalue weighted by Crippen LogP contribution is 2.15. The van der Waals surface area contributed by atoms with E-state index in [9.17, 15) is 4.79 Å². The number of rotatable bonds is 5. The zero-order valence-electron chi connectivity index (χ0n) is 10.1. The van der Waals surface area contributed by atoms with Crippen LogP contribution in [-0.2, 0) is 17.8 Å². The molecule has 1 aromatic rings. The summed E-state index contributed by atoms with van der Waals surface area (Å²) in [5.41, 5.74) is 5.59. The van der Waals surface area contributed by atoms with Crippen molar-refractivity contribution in [3.05, 3.63) is 16.1 Å². The molecule has 0 aliphatic heterocycles. The third kappa shape index (κ3) is 3.90. The van der Waals surface area contributed by atoms with Crippen molar-refractivity contribution in [3.63, 3.8) is 0 Å². The molecule has 0 saturated heterocycles. The summed E-state index contributed by atoms with van der Waals surface area (Å²) >= 11 is 1.66. The third-order valence-corrected chi connectivity index (χ3v) is 3.37. The number of nitrogens with two attached hydrogens (primary N) is 1. The van der Waals surface area contributed by atoms with Gasteiger partial charge in [-0.05, 0) is 13.3 Å². The van der Waals surface area contributed by atoms with E-state index in [0.717, 1.165) is 11.4 Å². The van der Waals surface area contributed by atoms with Crippen molar-refractivity contribution in [2.45, 2.75) is 39.3 Å². The van der Waals surface area contributed by atoms with E-state index in [1.165, 1.54) is 4.88 Å². The lowest BCUT2D eigenvalue weighted by Gasteiger charge is -2.16. The van der Waals surface area contributed by atoms with Gasteiger partial charge in [0.05, 0.1) is 6.54 Å². The van der Waals surface area contributed by atoms with E-state index >= 15 is 0 Å². The predicted molar refractivity (Wildman–Crippen MR) is 66.2 cm³/mol. The second-order valence-electron chi connectivity index (χ2n) is 4.01. The SMILES string of the molecule is CCc1cnc(CN(C)C(=O)CC(C)N)s1. The smallest absolute Gasteiger partial charge is 0.224 e. The molecule has 2 N–H and O–H groups in total. The maximum atomic E-state index is 11.7. The molecule has 1 amide bonds. The van der Waals surface area contributed by atoms with Gasteiger partial charge in [-0.25, -0.2) is 4.98 Å². The van der Waals surface area contributed by atoms with Crippen LogP contribution in [0.3, 0.4) is 0 Å². The monoisotopic (exact) mass is 241 g/mol. The van der Waals surface area contributed by atoms with Crippen LogP contribution in [0.2, 0.25) is 0 Å². The van der Waals surface area contributed by atoms with Crippen molar-refractivity contribution in [2.75, 3.05) is 7.05 Å². The lowest BCUT2D eigenvalue weighted by atomic mass is 10.2. The first-order chi connectivity index (χ1) is 7.52. The first-order valence-corrected chi connectivity index (χ1v) is 6.27. The minimum absolute atomic E-state index is 0.0725. The number of thiazole rings is 1. The Bertz CT molecular complexity index is 349. The van der Waals surface area contributed by atoms with Crippen molar-refractivity contribution in [3.8, 4) is 0 Å². The highest BCUT2D eigenvalue weighted by atomic mass is 32.1. The fourth-order valence-electron chi connectivity index (χ4n) is 1.31. The van der Waals surface area contributed by atoms with Crippen LogP contribution >= 0.6 is 11.3 Å². The Kier molecular flexibility index (Phi) is 4.89. The lowest BCUT2D eigenvalue weighted by molar-refractivity contribution is -0.130. The molecule has 1 aromatic heterocycles. The molecule has 4 nitrogen and oxygen atoms in total. The second kappa shape index (κ2) is 5.96. The van der Waals surface area contributed by atoms with E-state index in [0.29, 0.717) is 13.0 Å². The summed E-state index contributed by atoms with van der Waals surface area (Å²) in [5.74, 6) is 0.0725. The molecule has 5 heteroatoms. The molecule has 1 atom stereocenters. The molecule has 1 rings (SSSR count). The highest BCUT2D eigenvalue weighted by molar-refractivity contribution is 7.11. The average molecular weight is 241 g/mol. The molecule has 0 fully saturated rings. The summed E-state index contributed by atoms with van der Waals surface area (Å²) in [4.78, 5) is 18.9. The molecule has 0 aliphatic carbocycles. The minimum atomic E-state index is -0.0857. The van der Waals surface area contributed by atoms with Crippen molar-refractivity contribution in [1.29, 1.82) is 0 Å². The lowest BCUT2D eigenvalue weighted by Crippen LogP contribution is -2.31. The predicted octanol–water partition coefficient (Wildman–Crippen LogP) is 1.40. The number of hydrogen-bond acceptors (Lipinski definition) is 4. The number of hydrogen-bond donors (Lipinski definition) is 1. The number of aryl methyl sites for hydroxylation is 1. The average Bonchev–Trinajstić information content (AvgIpc) is 2.64. The van der Waals surface area contributed by atoms with E-state index in [4.69, 9.17) is 5.73 Å². The number of aromatic nitrogens is 1. The summed E-state index contributed by atoms with van der Waals surface area (Å²) in [7, 11) is 1.79. The molecule has 1 heterocycles. The largest absolute Gasteiger partial charge is 0.339 e. The standard InChI is InChI=1S/C11H19N3OS/c1-4-9-6-13-10(16-9)7-14(3)11(15)5-8(2)12/h6,8H,4-5,7,12H2,1-3H3. The topological polar surface area (TPSA) is 59.2 Å². The number of amides is 1. The summed E-state index contributed by atoms with van der Waals surface area (Å²) < 4.78 is 0. The van der Waals surface area contributed by atoms with Gasteiger partial charge in [0.2, 0.25) is 5.91 Å². The van der Waals surface area contributed by atoms with Gasteiger partial charge in [0, 0.05) is 30.6 Å². The van der Waals surface area contributed by atoms with Crippen LogP contribution in [0.25, 0.3) is 0 Å². The van der Waals surface area contributed by atoms with Crippen LogP contribution in [0.1, 0.15) is 30.2 Å². The zero-order chi connectivity index (χ0) is 12.1. The van der Waals surface area contributed by atoms with E-state index in [1.807, 2.05) is 13.1 Å². The third-order valence-electron chi connectivity index (χ3n) is 2.24. The molecule has 0 saturated carbocycles. The molecule has 0 radical (unpaired) electrons. The van der Waals surface area contributed by atoms with E-state index in [2.05, 4.69) is 11.9 Å². The van der Waals surface area contributed by atoms with Gasteiger partial charge in [-0.1, -0.05) is 6.92 Å². The molecule has 1 unspecified atom stereocenters. The molecule has 16 heavy (non-hydrogen) atoms. The molecule has 0 spiro atoms.